The highest BCUT2D eigenvalue weighted by molar-refractivity contribution is 5.68. The molecule has 0 amide bonds. The monoisotopic (exact) mass is 213 g/mol. The molecule has 0 aromatic carbocycles. The number of hydrogen-bond donors (Lipinski definition) is 3. The number of aromatic nitrogens is 2. The summed E-state index contributed by atoms with van der Waals surface area (Å²) < 4.78 is 10.2. The molecule has 0 saturated heterocycles. The van der Waals surface area contributed by atoms with Crippen LogP contribution in [0.15, 0.2) is 0 Å². The molecule has 0 aliphatic heterocycles. The molecule has 0 atom stereocenters. The van der Waals surface area contributed by atoms with E-state index in [4.69, 9.17) is 20.9 Å². The van der Waals surface area contributed by atoms with Crippen LogP contribution in [0.2, 0.25) is 0 Å². The first-order valence-corrected chi connectivity index (χ1v) is 4.50. The Morgan fingerprint density at radius 3 is 2.67 bits per heavy atom. The second-order valence-electron chi connectivity index (χ2n) is 2.65. The van der Waals surface area contributed by atoms with Crippen LogP contribution < -0.4 is 21.5 Å². The predicted molar refractivity (Wildman–Crippen MR) is 57.5 cm³/mol. The van der Waals surface area contributed by atoms with Crippen LogP contribution in [0.3, 0.4) is 0 Å². The summed E-state index contributed by atoms with van der Waals surface area (Å²) in [6, 6.07) is 0. The smallest absolute Gasteiger partial charge is 0.246 e. The van der Waals surface area contributed by atoms with Gasteiger partial charge in [0.05, 0.1) is 0 Å². The number of anilines is 3. The third-order valence-corrected chi connectivity index (χ3v) is 1.65. The molecule has 5 N–H and O–H groups in total. The molecule has 1 rings (SSSR count). The van der Waals surface area contributed by atoms with Crippen molar-refractivity contribution in [3.05, 3.63) is 0 Å². The lowest BCUT2D eigenvalue weighted by Gasteiger charge is -2.10. The van der Waals surface area contributed by atoms with Gasteiger partial charge in [-0.3, -0.25) is 0 Å². The molecule has 0 aliphatic rings. The fraction of sp³-hybridized carbons (Fsp3) is 0.500. The van der Waals surface area contributed by atoms with Gasteiger partial charge in [0, 0.05) is 13.7 Å². The van der Waals surface area contributed by atoms with Crippen LogP contribution >= 0.6 is 0 Å². The second kappa shape index (κ2) is 5.20. The Kier molecular flexibility index (Phi) is 3.92. The normalized spacial score (nSPS) is 10.0. The third kappa shape index (κ3) is 2.84. The molecule has 7 heteroatoms. The van der Waals surface area contributed by atoms with Gasteiger partial charge >= 0.3 is 0 Å². The van der Waals surface area contributed by atoms with Crippen molar-refractivity contribution < 1.29 is 9.47 Å². The van der Waals surface area contributed by atoms with E-state index in [1.165, 1.54) is 0 Å². The lowest BCUT2D eigenvalue weighted by atomic mass is 10.4. The number of nitrogen functional groups attached to an aromatic ring is 2. The van der Waals surface area contributed by atoms with Gasteiger partial charge in [0.25, 0.3) is 0 Å². The van der Waals surface area contributed by atoms with E-state index in [0.29, 0.717) is 18.1 Å². The van der Waals surface area contributed by atoms with Gasteiger partial charge in [-0.15, -0.1) is 0 Å². The zero-order valence-corrected chi connectivity index (χ0v) is 8.78. The van der Waals surface area contributed by atoms with Gasteiger partial charge < -0.3 is 26.3 Å². The Balaban J connectivity index is 2.81. The number of ether oxygens (including phenoxy) is 2. The first-order chi connectivity index (χ1) is 7.19. The number of nitrogens with two attached hydrogens (primary N) is 2. The summed E-state index contributed by atoms with van der Waals surface area (Å²) in [5.74, 6) is 0.759. The van der Waals surface area contributed by atoms with Crippen LogP contribution in [0.4, 0.5) is 17.5 Å². The highest BCUT2D eigenvalue weighted by Gasteiger charge is 2.10. The molecule has 0 saturated carbocycles. The van der Waals surface area contributed by atoms with Gasteiger partial charge in [0.1, 0.15) is 5.69 Å². The number of rotatable bonds is 5. The lowest BCUT2D eigenvalue weighted by molar-refractivity contribution is 0.0202. The van der Waals surface area contributed by atoms with E-state index in [1.807, 2.05) is 6.92 Å². The van der Waals surface area contributed by atoms with Gasteiger partial charge in [-0.1, -0.05) is 0 Å². The molecule has 0 radical (unpaired) electrons. The number of nitrogens with zero attached hydrogens (tertiary/aromatic N) is 2. The Morgan fingerprint density at radius 2 is 2.07 bits per heavy atom. The summed E-state index contributed by atoms with van der Waals surface area (Å²) in [5, 5.41) is 2.79. The number of hydrogen-bond acceptors (Lipinski definition) is 7. The van der Waals surface area contributed by atoms with Gasteiger partial charge in [-0.2, -0.15) is 9.97 Å². The SMILES string of the molecule is CCOCOc1nc(N)nc(NC)c1N. The van der Waals surface area contributed by atoms with E-state index >= 15 is 0 Å². The Bertz CT molecular complexity index is 331. The molecule has 0 fully saturated rings. The topological polar surface area (TPSA) is 108 Å². The highest BCUT2D eigenvalue weighted by Crippen LogP contribution is 2.26. The summed E-state index contributed by atoms with van der Waals surface area (Å²) >= 11 is 0. The fourth-order valence-electron chi connectivity index (χ4n) is 0.947. The van der Waals surface area contributed by atoms with Crippen LogP contribution in [0.25, 0.3) is 0 Å². The van der Waals surface area contributed by atoms with Gasteiger partial charge in [-0.25, -0.2) is 0 Å². The van der Waals surface area contributed by atoms with Crippen molar-refractivity contribution in [2.75, 3.05) is 37.2 Å². The summed E-state index contributed by atoms with van der Waals surface area (Å²) in [7, 11) is 1.68. The van der Waals surface area contributed by atoms with Crippen molar-refractivity contribution in [3.63, 3.8) is 0 Å². The van der Waals surface area contributed by atoms with Crippen molar-refractivity contribution in [1.29, 1.82) is 0 Å². The minimum atomic E-state index is 0.0836. The van der Waals surface area contributed by atoms with E-state index in [9.17, 15) is 0 Å². The minimum Gasteiger partial charge on any atom is -0.449 e. The van der Waals surface area contributed by atoms with Gasteiger partial charge in [0.2, 0.25) is 11.8 Å². The molecule has 15 heavy (non-hydrogen) atoms. The molecular weight excluding hydrogens is 198 g/mol. The van der Waals surface area contributed by atoms with Crippen molar-refractivity contribution in [3.8, 4) is 5.88 Å². The van der Waals surface area contributed by atoms with Gasteiger partial charge in [-0.05, 0) is 6.92 Å². The van der Waals surface area contributed by atoms with Crippen molar-refractivity contribution in [1.82, 2.24) is 9.97 Å². The maximum Gasteiger partial charge on any atom is 0.246 e. The molecular formula is C8H15N5O2. The van der Waals surface area contributed by atoms with Crippen LogP contribution in [-0.4, -0.2) is 30.4 Å². The first kappa shape index (κ1) is 11.3. The minimum absolute atomic E-state index is 0.0836. The third-order valence-electron chi connectivity index (χ3n) is 1.65. The summed E-state index contributed by atoms with van der Waals surface area (Å²) in [4.78, 5) is 7.74. The Hall–Kier alpha value is -1.76. The van der Waals surface area contributed by atoms with Crippen molar-refractivity contribution in [2.24, 2.45) is 0 Å². The molecule has 7 nitrogen and oxygen atoms in total. The molecule has 0 aliphatic carbocycles. The van der Waals surface area contributed by atoms with Crippen molar-refractivity contribution >= 4 is 17.5 Å². The summed E-state index contributed by atoms with van der Waals surface area (Å²) in [6.45, 7) is 2.50. The van der Waals surface area contributed by atoms with Crippen molar-refractivity contribution in [2.45, 2.75) is 6.92 Å². The zero-order valence-electron chi connectivity index (χ0n) is 8.78. The lowest BCUT2D eigenvalue weighted by Crippen LogP contribution is -2.10. The second-order valence-corrected chi connectivity index (χ2v) is 2.65. The van der Waals surface area contributed by atoms with E-state index in [2.05, 4.69) is 15.3 Å². The standard InChI is InChI=1S/C8H15N5O2/c1-3-14-4-15-7-5(9)6(11-2)12-8(10)13-7/h3-4,9H2,1-2H3,(H3,10,11,12,13). The molecule has 84 valence electrons. The maximum absolute atomic E-state index is 5.72. The van der Waals surface area contributed by atoms with Crippen LogP contribution in [0.1, 0.15) is 6.92 Å². The largest absolute Gasteiger partial charge is 0.449 e. The Labute approximate surface area is 87.8 Å². The first-order valence-electron chi connectivity index (χ1n) is 4.50. The average molecular weight is 213 g/mol. The molecule has 0 spiro atoms. The quantitative estimate of drug-likeness (QED) is 0.468. The maximum atomic E-state index is 5.72. The predicted octanol–water partition coefficient (Wildman–Crippen LogP) is 0.0555. The molecule has 1 heterocycles. The Morgan fingerprint density at radius 1 is 1.33 bits per heavy atom. The van der Waals surface area contributed by atoms with E-state index < -0.39 is 0 Å². The molecule has 0 bridgehead atoms. The average Bonchev–Trinajstić information content (AvgIpc) is 2.23. The molecule has 1 aromatic rings. The van der Waals surface area contributed by atoms with E-state index in [0.717, 1.165) is 0 Å². The fourth-order valence-corrected chi connectivity index (χ4v) is 0.947. The van der Waals surface area contributed by atoms with Crippen LogP contribution in [0.5, 0.6) is 5.88 Å². The van der Waals surface area contributed by atoms with Gasteiger partial charge in [0.15, 0.2) is 12.6 Å². The molecule has 1 aromatic heterocycles. The van der Waals surface area contributed by atoms with Crippen LogP contribution in [-0.2, 0) is 4.74 Å². The zero-order chi connectivity index (χ0) is 11.3. The van der Waals surface area contributed by atoms with E-state index in [1.54, 1.807) is 7.05 Å². The number of nitrogens with one attached hydrogen (secondary N) is 1. The summed E-state index contributed by atoms with van der Waals surface area (Å²) in [5.41, 5.74) is 11.5. The highest BCUT2D eigenvalue weighted by atomic mass is 16.7. The van der Waals surface area contributed by atoms with Crippen LogP contribution in [0, 0.1) is 0 Å². The summed E-state index contributed by atoms with van der Waals surface area (Å²) in [6.07, 6.45) is 0. The van der Waals surface area contributed by atoms with E-state index in [-0.39, 0.29) is 18.6 Å². The molecule has 0 unspecified atom stereocenters.